The van der Waals surface area contributed by atoms with Gasteiger partial charge in [0.15, 0.2) is 0 Å². The van der Waals surface area contributed by atoms with E-state index in [0.29, 0.717) is 0 Å². The highest BCUT2D eigenvalue weighted by molar-refractivity contribution is 5.51. The molecule has 0 saturated heterocycles. The average Bonchev–Trinajstić information content (AvgIpc) is 2.28. The van der Waals surface area contributed by atoms with Gasteiger partial charge in [0.2, 0.25) is 0 Å². The maximum absolute atomic E-state index is 5.27. The van der Waals surface area contributed by atoms with Crippen LogP contribution in [0.5, 0.6) is 5.75 Å². The first-order valence-electron chi connectivity index (χ1n) is 5.52. The van der Waals surface area contributed by atoms with Crippen molar-refractivity contribution >= 4 is 5.69 Å². The first-order valence-corrected chi connectivity index (χ1v) is 5.52. The molecule has 0 spiro atoms. The molecular formula is C13H21NO2. The molecule has 2 unspecified atom stereocenters. The molecule has 0 fully saturated rings. The van der Waals surface area contributed by atoms with Crippen LogP contribution in [0.1, 0.15) is 19.4 Å². The fraction of sp³-hybridized carbons (Fsp3) is 0.538. The smallest absolute Gasteiger partial charge is 0.121 e. The second-order valence-corrected chi connectivity index (χ2v) is 4.06. The minimum absolute atomic E-state index is 0.183. The summed E-state index contributed by atoms with van der Waals surface area (Å²) in [5.74, 6) is 0.915. The molecule has 1 N–H and O–H groups in total. The van der Waals surface area contributed by atoms with Crippen molar-refractivity contribution in [2.45, 2.75) is 32.9 Å². The number of nitrogens with one attached hydrogen (secondary N) is 1. The Bertz CT molecular complexity index is 339. The number of methoxy groups -OCH3 is 2. The largest absolute Gasteiger partial charge is 0.496 e. The van der Waals surface area contributed by atoms with E-state index in [2.05, 4.69) is 18.3 Å². The molecule has 0 radical (unpaired) electrons. The summed E-state index contributed by atoms with van der Waals surface area (Å²) in [6, 6.07) is 6.35. The van der Waals surface area contributed by atoms with E-state index in [1.54, 1.807) is 14.2 Å². The first-order chi connectivity index (χ1) is 7.58. The number of ether oxygens (including phenoxy) is 2. The van der Waals surface area contributed by atoms with Crippen LogP contribution in [0.25, 0.3) is 0 Å². The van der Waals surface area contributed by atoms with Gasteiger partial charge in [0.1, 0.15) is 5.75 Å². The number of hydrogen-bond donors (Lipinski definition) is 1. The maximum Gasteiger partial charge on any atom is 0.121 e. The minimum atomic E-state index is 0.183. The van der Waals surface area contributed by atoms with Crippen LogP contribution in [-0.2, 0) is 4.74 Å². The number of benzene rings is 1. The third-order valence-corrected chi connectivity index (χ3v) is 2.87. The van der Waals surface area contributed by atoms with Gasteiger partial charge in [0.25, 0.3) is 0 Å². The lowest BCUT2D eigenvalue weighted by Gasteiger charge is -2.21. The standard InChI is InChI=1S/C13H21NO2/c1-9-8-12(6-7-13(9)16-5)14-10(2)11(3)15-4/h6-8,10-11,14H,1-5H3. The van der Waals surface area contributed by atoms with Crippen molar-refractivity contribution in [2.75, 3.05) is 19.5 Å². The van der Waals surface area contributed by atoms with Gasteiger partial charge in [0, 0.05) is 18.8 Å². The topological polar surface area (TPSA) is 30.5 Å². The summed E-state index contributed by atoms with van der Waals surface area (Å²) in [4.78, 5) is 0. The lowest BCUT2D eigenvalue weighted by molar-refractivity contribution is 0.106. The molecule has 0 saturated carbocycles. The molecule has 2 atom stereocenters. The Labute approximate surface area is 97.8 Å². The van der Waals surface area contributed by atoms with E-state index in [4.69, 9.17) is 9.47 Å². The number of aryl methyl sites for hydroxylation is 1. The molecule has 0 amide bonds. The summed E-state index contributed by atoms with van der Waals surface area (Å²) in [5.41, 5.74) is 2.22. The molecule has 16 heavy (non-hydrogen) atoms. The van der Waals surface area contributed by atoms with Gasteiger partial charge in [0.05, 0.1) is 13.2 Å². The SMILES string of the molecule is COc1ccc(NC(C)C(C)OC)cc1C. The monoisotopic (exact) mass is 223 g/mol. The third kappa shape index (κ3) is 3.14. The van der Waals surface area contributed by atoms with Gasteiger partial charge in [-0.3, -0.25) is 0 Å². The van der Waals surface area contributed by atoms with Crippen LogP contribution in [0.2, 0.25) is 0 Å². The van der Waals surface area contributed by atoms with Gasteiger partial charge in [-0.05, 0) is 44.5 Å². The Kier molecular flexibility index (Phi) is 4.62. The van der Waals surface area contributed by atoms with Crippen LogP contribution in [-0.4, -0.2) is 26.4 Å². The second kappa shape index (κ2) is 5.75. The minimum Gasteiger partial charge on any atom is -0.496 e. The summed E-state index contributed by atoms with van der Waals surface area (Å²) in [6.07, 6.45) is 0.183. The van der Waals surface area contributed by atoms with Crippen LogP contribution < -0.4 is 10.1 Å². The number of anilines is 1. The molecule has 0 aliphatic heterocycles. The number of rotatable bonds is 5. The van der Waals surface area contributed by atoms with E-state index in [9.17, 15) is 0 Å². The first kappa shape index (κ1) is 12.8. The molecule has 90 valence electrons. The third-order valence-electron chi connectivity index (χ3n) is 2.87. The van der Waals surface area contributed by atoms with Crippen LogP contribution >= 0.6 is 0 Å². The van der Waals surface area contributed by atoms with Crippen LogP contribution in [0.4, 0.5) is 5.69 Å². The Balaban J connectivity index is 2.71. The predicted molar refractivity (Wildman–Crippen MR) is 67.3 cm³/mol. The van der Waals surface area contributed by atoms with Crippen molar-refractivity contribution in [3.8, 4) is 5.75 Å². The van der Waals surface area contributed by atoms with E-state index in [0.717, 1.165) is 17.0 Å². The summed E-state index contributed by atoms with van der Waals surface area (Å²) < 4.78 is 10.5. The molecule has 0 bridgehead atoms. The Morgan fingerprint density at radius 2 is 1.88 bits per heavy atom. The zero-order valence-corrected chi connectivity index (χ0v) is 10.7. The molecule has 0 aromatic heterocycles. The van der Waals surface area contributed by atoms with E-state index in [1.165, 1.54) is 0 Å². The highest BCUT2D eigenvalue weighted by Gasteiger charge is 2.11. The van der Waals surface area contributed by atoms with Crippen LogP contribution in [0.15, 0.2) is 18.2 Å². The molecule has 0 aliphatic rings. The highest BCUT2D eigenvalue weighted by atomic mass is 16.5. The summed E-state index contributed by atoms with van der Waals surface area (Å²) in [5, 5.41) is 3.40. The van der Waals surface area contributed by atoms with Crippen molar-refractivity contribution in [3.05, 3.63) is 23.8 Å². The Morgan fingerprint density at radius 1 is 1.19 bits per heavy atom. The molecule has 1 aromatic carbocycles. The van der Waals surface area contributed by atoms with Crippen LogP contribution in [0, 0.1) is 6.92 Å². The van der Waals surface area contributed by atoms with Gasteiger partial charge in [-0.15, -0.1) is 0 Å². The van der Waals surface area contributed by atoms with Crippen molar-refractivity contribution in [3.63, 3.8) is 0 Å². The lowest BCUT2D eigenvalue weighted by Crippen LogP contribution is -2.29. The molecular weight excluding hydrogens is 202 g/mol. The maximum atomic E-state index is 5.27. The van der Waals surface area contributed by atoms with Crippen molar-refractivity contribution in [2.24, 2.45) is 0 Å². The number of hydrogen-bond acceptors (Lipinski definition) is 3. The fourth-order valence-electron chi connectivity index (χ4n) is 1.55. The zero-order valence-electron chi connectivity index (χ0n) is 10.7. The van der Waals surface area contributed by atoms with E-state index in [-0.39, 0.29) is 12.1 Å². The summed E-state index contributed by atoms with van der Waals surface area (Å²) >= 11 is 0. The lowest BCUT2D eigenvalue weighted by atomic mass is 10.1. The predicted octanol–water partition coefficient (Wildman–Crippen LogP) is 2.84. The van der Waals surface area contributed by atoms with Crippen LogP contribution in [0.3, 0.4) is 0 Å². The Hall–Kier alpha value is -1.22. The van der Waals surface area contributed by atoms with Gasteiger partial charge in [-0.1, -0.05) is 0 Å². The van der Waals surface area contributed by atoms with E-state index in [1.807, 2.05) is 26.0 Å². The van der Waals surface area contributed by atoms with E-state index >= 15 is 0 Å². The zero-order chi connectivity index (χ0) is 12.1. The average molecular weight is 223 g/mol. The van der Waals surface area contributed by atoms with Gasteiger partial charge < -0.3 is 14.8 Å². The summed E-state index contributed by atoms with van der Waals surface area (Å²) in [6.45, 7) is 6.19. The quantitative estimate of drug-likeness (QED) is 0.832. The molecule has 3 heteroatoms. The second-order valence-electron chi connectivity index (χ2n) is 4.06. The molecule has 0 heterocycles. The molecule has 0 aliphatic carbocycles. The normalized spacial score (nSPS) is 14.3. The molecule has 1 aromatic rings. The van der Waals surface area contributed by atoms with Gasteiger partial charge in [-0.2, -0.15) is 0 Å². The highest BCUT2D eigenvalue weighted by Crippen LogP contribution is 2.22. The van der Waals surface area contributed by atoms with Crippen molar-refractivity contribution < 1.29 is 9.47 Å². The van der Waals surface area contributed by atoms with Crippen molar-refractivity contribution in [1.82, 2.24) is 0 Å². The van der Waals surface area contributed by atoms with E-state index < -0.39 is 0 Å². The van der Waals surface area contributed by atoms with Gasteiger partial charge >= 0.3 is 0 Å². The van der Waals surface area contributed by atoms with Gasteiger partial charge in [-0.25, -0.2) is 0 Å². The molecule has 3 nitrogen and oxygen atoms in total. The molecule has 1 rings (SSSR count). The summed E-state index contributed by atoms with van der Waals surface area (Å²) in [7, 11) is 3.41. The fourth-order valence-corrected chi connectivity index (χ4v) is 1.55. The Morgan fingerprint density at radius 3 is 2.38 bits per heavy atom. The van der Waals surface area contributed by atoms with Crippen molar-refractivity contribution in [1.29, 1.82) is 0 Å².